The first-order valence-corrected chi connectivity index (χ1v) is 10.7. The molecular formula is C20H30N6O2S. The van der Waals surface area contributed by atoms with Gasteiger partial charge in [-0.1, -0.05) is 0 Å². The number of aromatic nitrogens is 3. The number of ether oxygens (including phenoxy) is 2. The van der Waals surface area contributed by atoms with Gasteiger partial charge in [-0.2, -0.15) is 0 Å². The van der Waals surface area contributed by atoms with Crippen molar-refractivity contribution in [3.63, 3.8) is 0 Å². The average molecular weight is 419 g/mol. The molecule has 0 aliphatic carbocycles. The van der Waals surface area contributed by atoms with Crippen LogP contribution in [-0.2, 0) is 18.0 Å². The number of hydrogen-bond acceptors (Lipinski definition) is 7. The molecule has 0 amide bonds. The summed E-state index contributed by atoms with van der Waals surface area (Å²) in [6, 6.07) is 8.29. The van der Waals surface area contributed by atoms with Gasteiger partial charge in [-0.3, -0.25) is 9.47 Å². The lowest BCUT2D eigenvalue weighted by molar-refractivity contribution is 0.121. The van der Waals surface area contributed by atoms with Gasteiger partial charge in [-0.05, 0) is 43.4 Å². The maximum Gasteiger partial charge on any atom is 0.226 e. The summed E-state index contributed by atoms with van der Waals surface area (Å²) in [5.41, 5.74) is 1.24. The maximum atomic E-state index is 5.73. The van der Waals surface area contributed by atoms with Crippen molar-refractivity contribution in [2.75, 3.05) is 69.4 Å². The molecule has 0 spiro atoms. The van der Waals surface area contributed by atoms with Gasteiger partial charge in [0.2, 0.25) is 10.7 Å². The van der Waals surface area contributed by atoms with Gasteiger partial charge in [0.1, 0.15) is 5.75 Å². The molecular weight excluding hydrogens is 388 g/mol. The smallest absolute Gasteiger partial charge is 0.226 e. The lowest BCUT2D eigenvalue weighted by Crippen LogP contribution is -2.47. The third-order valence-corrected chi connectivity index (χ3v) is 6.09. The summed E-state index contributed by atoms with van der Waals surface area (Å²) >= 11 is 5.73. The molecule has 0 saturated carbocycles. The van der Waals surface area contributed by atoms with E-state index in [-0.39, 0.29) is 0 Å². The number of piperazine rings is 1. The largest absolute Gasteiger partial charge is 0.497 e. The quantitative estimate of drug-likeness (QED) is 0.666. The molecule has 9 heteroatoms. The van der Waals surface area contributed by atoms with Crippen molar-refractivity contribution in [3.8, 4) is 5.75 Å². The predicted octanol–water partition coefficient (Wildman–Crippen LogP) is 2.06. The topological polar surface area (TPSA) is 50.9 Å². The van der Waals surface area contributed by atoms with Crippen LogP contribution in [0.4, 0.5) is 11.6 Å². The summed E-state index contributed by atoms with van der Waals surface area (Å²) in [6.07, 6.45) is 0. The molecule has 158 valence electrons. The fraction of sp³-hybridized carbons (Fsp3) is 0.600. The highest BCUT2D eigenvalue weighted by Gasteiger charge is 2.22. The second-order valence-corrected chi connectivity index (χ2v) is 7.74. The lowest BCUT2D eigenvalue weighted by atomic mass is 10.2. The van der Waals surface area contributed by atoms with E-state index in [0.717, 1.165) is 82.2 Å². The molecule has 1 aromatic carbocycles. The van der Waals surface area contributed by atoms with Gasteiger partial charge in [0.15, 0.2) is 0 Å². The number of methoxy groups -OCH3 is 1. The summed E-state index contributed by atoms with van der Waals surface area (Å²) in [7, 11) is 1.70. The van der Waals surface area contributed by atoms with E-state index in [1.54, 1.807) is 7.11 Å². The third kappa shape index (κ3) is 4.41. The normalized spacial score (nSPS) is 18.3. The van der Waals surface area contributed by atoms with Gasteiger partial charge in [-0.25, -0.2) is 4.68 Å². The van der Waals surface area contributed by atoms with E-state index in [0.29, 0.717) is 0 Å². The van der Waals surface area contributed by atoms with Gasteiger partial charge < -0.3 is 19.3 Å². The summed E-state index contributed by atoms with van der Waals surface area (Å²) < 4.78 is 15.6. The minimum atomic E-state index is 0.736. The molecule has 2 fully saturated rings. The van der Waals surface area contributed by atoms with Crippen molar-refractivity contribution in [2.45, 2.75) is 20.1 Å². The monoisotopic (exact) mass is 418 g/mol. The molecule has 0 unspecified atom stereocenters. The van der Waals surface area contributed by atoms with Crippen LogP contribution in [0.5, 0.6) is 5.75 Å². The molecule has 2 aromatic rings. The summed E-state index contributed by atoms with van der Waals surface area (Å²) in [6.45, 7) is 10.9. The lowest BCUT2D eigenvalue weighted by Gasteiger charge is -2.35. The van der Waals surface area contributed by atoms with Crippen molar-refractivity contribution in [2.24, 2.45) is 0 Å². The van der Waals surface area contributed by atoms with Crippen LogP contribution in [0.3, 0.4) is 0 Å². The van der Waals surface area contributed by atoms with Crippen LogP contribution in [0.1, 0.15) is 6.92 Å². The minimum Gasteiger partial charge on any atom is -0.497 e. The van der Waals surface area contributed by atoms with Crippen molar-refractivity contribution >= 4 is 23.9 Å². The molecule has 4 rings (SSSR count). The van der Waals surface area contributed by atoms with Gasteiger partial charge in [0.05, 0.1) is 27.0 Å². The van der Waals surface area contributed by atoms with Crippen LogP contribution < -0.4 is 14.5 Å². The van der Waals surface area contributed by atoms with E-state index in [1.165, 1.54) is 5.69 Å². The maximum absolute atomic E-state index is 5.73. The second kappa shape index (κ2) is 9.15. The van der Waals surface area contributed by atoms with Gasteiger partial charge >= 0.3 is 0 Å². The first kappa shape index (κ1) is 20.2. The highest BCUT2D eigenvalue weighted by atomic mass is 32.1. The Balaban J connectivity index is 1.40. The van der Waals surface area contributed by atoms with Crippen LogP contribution in [0.15, 0.2) is 24.3 Å². The Morgan fingerprint density at radius 1 is 1.00 bits per heavy atom. The zero-order chi connectivity index (χ0) is 20.2. The number of nitrogens with zero attached hydrogens (tertiary/aromatic N) is 6. The second-order valence-electron chi connectivity index (χ2n) is 7.37. The van der Waals surface area contributed by atoms with E-state index >= 15 is 0 Å². The Morgan fingerprint density at radius 3 is 2.31 bits per heavy atom. The Bertz CT molecular complexity index is 851. The van der Waals surface area contributed by atoms with E-state index in [1.807, 2.05) is 16.8 Å². The molecule has 2 aliphatic heterocycles. The van der Waals surface area contributed by atoms with E-state index in [9.17, 15) is 0 Å². The Labute approximate surface area is 177 Å². The highest BCUT2D eigenvalue weighted by molar-refractivity contribution is 7.71. The average Bonchev–Trinajstić information content (AvgIpc) is 3.10. The first-order chi connectivity index (χ1) is 14.2. The van der Waals surface area contributed by atoms with E-state index in [2.05, 4.69) is 38.3 Å². The number of hydrogen-bond donors (Lipinski definition) is 0. The fourth-order valence-corrected chi connectivity index (χ4v) is 4.23. The molecule has 3 heterocycles. The standard InChI is InChI=1S/C20H30N6O2S/c1-3-25-19(24-12-14-28-15-13-24)21-26(20(25)29)16-22-8-10-23(11-9-22)17-4-6-18(27-2)7-5-17/h4-7H,3,8-16H2,1-2H3. The fourth-order valence-electron chi connectivity index (χ4n) is 3.93. The molecule has 1 aromatic heterocycles. The van der Waals surface area contributed by atoms with Crippen LogP contribution in [0, 0.1) is 4.77 Å². The van der Waals surface area contributed by atoms with Crippen LogP contribution >= 0.6 is 12.2 Å². The SMILES string of the molecule is CCn1c(N2CCOCC2)nn(CN2CCN(c3ccc(OC)cc3)CC2)c1=S. The Kier molecular flexibility index (Phi) is 6.37. The first-order valence-electron chi connectivity index (χ1n) is 10.3. The van der Waals surface area contributed by atoms with E-state index < -0.39 is 0 Å². The van der Waals surface area contributed by atoms with Crippen molar-refractivity contribution < 1.29 is 9.47 Å². The van der Waals surface area contributed by atoms with Crippen LogP contribution in [0.2, 0.25) is 0 Å². The van der Waals surface area contributed by atoms with E-state index in [4.69, 9.17) is 26.8 Å². The van der Waals surface area contributed by atoms with Gasteiger partial charge in [0, 0.05) is 51.5 Å². The molecule has 0 radical (unpaired) electrons. The van der Waals surface area contributed by atoms with Crippen LogP contribution in [-0.4, -0.2) is 78.8 Å². The van der Waals surface area contributed by atoms with Crippen molar-refractivity contribution in [1.82, 2.24) is 19.2 Å². The molecule has 2 aliphatic rings. The molecule has 0 atom stereocenters. The third-order valence-electron chi connectivity index (χ3n) is 5.66. The Morgan fingerprint density at radius 2 is 1.69 bits per heavy atom. The van der Waals surface area contributed by atoms with Crippen LogP contribution in [0.25, 0.3) is 0 Å². The number of benzene rings is 1. The number of rotatable bonds is 6. The summed E-state index contributed by atoms with van der Waals surface area (Å²) in [5, 5.41) is 4.87. The van der Waals surface area contributed by atoms with Crippen molar-refractivity contribution in [1.29, 1.82) is 0 Å². The molecule has 0 N–H and O–H groups in total. The molecule has 8 nitrogen and oxygen atoms in total. The number of anilines is 2. The Hall–Kier alpha value is -2.10. The predicted molar refractivity (Wildman–Crippen MR) is 117 cm³/mol. The summed E-state index contributed by atoms with van der Waals surface area (Å²) in [4.78, 5) is 7.12. The zero-order valence-electron chi connectivity index (χ0n) is 17.3. The van der Waals surface area contributed by atoms with Crippen molar-refractivity contribution in [3.05, 3.63) is 29.0 Å². The number of morpholine rings is 1. The highest BCUT2D eigenvalue weighted by Crippen LogP contribution is 2.21. The molecule has 2 saturated heterocycles. The van der Waals surface area contributed by atoms with Gasteiger partial charge in [-0.15, -0.1) is 5.10 Å². The molecule has 29 heavy (non-hydrogen) atoms. The van der Waals surface area contributed by atoms with Gasteiger partial charge in [0.25, 0.3) is 0 Å². The zero-order valence-corrected chi connectivity index (χ0v) is 18.1. The minimum absolute atomic E-state index is 0.736. The summed E-state index contributed by atoms with van der Waals surface area (Å²) in [5.74, 6) is 1.86. The molecule has 0 bridgehead atoms.